The number of hydrogen-bond donors (Lipinski definition) is 6. The largest absolute Gasteiger partial charge is 0.379 e. The van der Waals surface area contributed by atoms with Gasteiger partial charge in [-0.05, 0) is 26.0 Å². The molecule has 0 unspecified atom stereocenters. The first-order valence-electron chi connectivity index (χ1n) is 8.70. The van der Waals surface area contributed by atoms with E-state index >= 15 is 0 Å². The minimum atomic E-state index is -2.01. The highest BCUT2D eigenvalue weighted by molar-refractivity contribution is 6.31. The van der Waals surface area contributed by atoms with Crippen molar-refractivity contribution in [2.45, 2.75) is 25.4 Å². The molecule has 0 saturated heterocycles. The highest BCUT2D eigenvalue weighted by atomic mass is 16.5. The van der Waals surface area contributed by atoms with Crippen LogP contribution in [0.1, 0.15) is 45.7 Å². The van der Waals surface area contributed by atoms with Crippen molar-refractivity contribution in [1.29, 1.82) is 0 Å². The van der Waals surface area contributed by atoms with E-state index in [2.05, 4.69) is 10.6 Å². The molecule has 28 heavy (non-hydrogen) atoms. The fourth-order valence-electron chi connectivity index (χ4n) is 3.04. The molecule has 0 heterocycles. The third-order valence-electron chi connectivity index (χ3n) is 4.30. The molecule has 0 aliphatic heterocycles. The van der Waals surface area contributed by atoms with Gasteiger partial charge in [-0.15, -0.1) is 0 Å². The molecule has 0 radical (unpaired) electrons. The predicted octanol–water partition coefficient (Wildman–Crippen LogP) is 0.687. The zero-order valence-electron chi connectivity index (χ0n) is 15.5. The van der Waals surface area contributed by atoms with Crippen molar-refractivity contribution in [2.24, 2.45) is 0 Å². The normalized spacial score (nSPS) is 13.8. The number of benzene rings is 2. The summed E-state index contributed by atoms with van der Waals surface area (Å²) in [6.45, 7) is 1.85. The summed E-state index contributed by atoms with van der Waals surface area (Å²) in [5.74, 6) is -4.80. The third kappa shape index (κ3) is 4.05. The molecule has 0 atom stereocenters. The molecular formula is C20H22N2O6. The summed E-state index contributed by atoms with van der Waals surface area (Å²) >= 11 is 0. The van der Waals surface area contributed by atoms with Gasteiger partial charge in [0.2, 0.25) is 0 Å². The summed E-state index contributed by atoms with van der Waals surface area (Å²) in [6.07, 6.45) is 0. The smallest absolute Gasteiger partial charge is 0.196 e. The summed E-state index contributed by atoms with van der Waals surface area (Å²) < 4.78 is 0. The zero-order chi connectivity index (χ0) is 20.7. The van der Waals surface area contributed by atoms with Crippen LogP contribution in [-0.2, 0) is 0 Å². The van der Waals surface area contributed by atoms with E-state index in [-0.39, 0.29) is 58.3 Å². The van der Waals surface area contributed by atoms with Crippen molar-refractivity contribution in [3.63, 3.8) is 0 Å². The Kier molecular flexibility index (Phi) is 4.99. The van der Waals surface area contributed by atoms with E-state index in [9.17, 15) is 30.0 Å². The minimum absolute atomic E-state index is 0.0931. The molecule has 3 rings (SSSR count). The van der Waals surface area contributed by atoms with Crippen LogP contribution in [0.15, 0.2) is 36.4 Å². The third-order valence-corrected chi connectivity index (χ3v) is 4.30. The van der Waals surface area contributed by atoms with Gasteiger partial charge in [-0.3, -0.25) is 9.59 Å². The number of nitrogens with one attached hydrogen (secondary N) is 2. The van der Waals surface area contributed by atoms with E-state index in [0.717, 1.165) is 0 Å². The maximum atomic E-state index is 13.1. The number of anilines is 2. The second kappa shape index (κ2) is 6.99. The lowest BCUT2D eigenvalue weighted by molar-refractivity contribution is -0.132. The number of hydrogen-bond acceptors (Lipinski definition) is 8. The Morgan fingerprint density at radius 3 is 1.39 bits per heavy atom. The van der Waals surface area contributed by atoms with Crippen molar-refractivity contribution in [2.75, 3.05) is 23.7 Å². The molecule has 0 amide bonds. The summed E-state index contributed by atoms with van der Waals surface area (Å²) in [5, 5.41) is 43.8. The van der Waals surface area contributed by atoms with E-state index in [0.29, 0.717) is 0 Å². The molecular weight excluding hydrogens is 364 g/mol. The minimum Gasteiger partial charge on any atom is -0.379 e. The van der Waals surface area contributed by atoms with E-state index in [1.807, 2.05) is 0 Å². The van der Waals surface area contributed by atoms with Gasteiger partial charge in [-0.25, -0.2) is 0 Å². The van der Waals surface area contributed by atoms with Gasteiger partial charge in [-0.1, -0.05) is 24.3 Å². The van der Waals surface area contributed by atoms with Crippen LogP contribution in [0, 0.1) is 0 Å². The van der Waals surface area contributed by atoms with Crippen LogP contribution in [0.2, 0.25) is 0 Å². The monoisotopic (exact) mass is 386 g/mol. The number of carbonyl (C=O) groups excluding carboxylic acids is 2. The first kappa shape index (κ1) is 20.0. The summed E-state index contributed by atoms with van der Waals surface area (Å²) in [7, 11) is 0. The van der Waals surface area contributed by atoms with E-state index in [4.69, 9.17) is 0 Å². The highest BCUT2D eigenvalue weighted by Gasteiger charge is 2.34. The molecule has 2 aromatic rings. The topological polar surface area (TPSA) is 139 Å². The average Bonchev–Trinajstić information content (AvgIpc) is 2.61. The van der Waals surface area contributed by atoms with E-state index < -0.39 is 11.6 Å². The molecule has 0 spiro atoms. The first-order chi connectivity index (χ1) is 13.0. The van der Waals surface area contributed by atoms with E-state index in [1.54, 1.807) is 24.3 Å². The number of rotatable bonds is 6. The van der Waals surface area contributed by atoms with Gasteiger partial charge in [0.1, 0.15) is 0 Å². The number of carbonyl (C=O) groups is 2. The van der Waals surface area contributed by atoms with Crippen LogP contribution < -0.4 is 10.6 Å². The molecule has 0 aromatic heterocycles. The Morgan fingerprint density at radius 2 is 1.07 bits per heavy atom. The van der Waals surface area contributed by atoms with Crippen LogP contribution in [0.4, 0.5) is 11.4 Å². The van der Waals surface area contributed by atoms with Crippen LogP contribution in [0.5, 0.6) is 0 Å². The van der Waals surface area contributed by atoms with Gasteiger partial charge in [0.25, 0.3) is 0 Å². The Labute approximate surface area is 161 Å². The predicted molar refractivity (Wildman–Crippen MR) is 102 cm³/mol. The quantitative estimate of drug-likeness (QED) is 0.340. The van der Waals surface area contributed by atoms with Gasteiger partial charge in [0.05, 0.1) is 24.2 Å². The van der Waals surface area contributed by atoms with Crippen molar-refractivity contribution in [1.82, 2.24) is 0 Å². The van der Waals surface area contributed by atoms with Crippen LogP contribution in [0.3, 0.4) is 0 Å². The Balaban J connectivity index is 2.12. The standard InChI is InChI=1S/C20H22N2O6/c1-19(25,26)9-21-13-7-8-14(22-10-20(2,27)28)16-15(13)17(23)11-5-3-4-6-12(11)18(16)24/h3-8,21-22,25-28H,9-10H2,1-2H3. The second-order valence-electron chi connectivity index (χ2n) is 7.26. The number of aliphatic hydroxyl groups is 4. The van der Waals surface area contributed by atoms with Gasteiger partial charge in [0.15, 0.2) is 23.1 Å². The van der Waals surface area contributed by atoms with Gasteiger partial charge in [0, 0.05) is 22.5 Å². The van der Waals surface area contributed by atoms with E-state index in [1.165, 1.54) is 26.0 Å². The Bertz CT molecular complexity index is 865. The van der Waals surface area contributed by atoms with Crippen LogP contribution in [0.25, 0.3) is 0 Å². The lowest BCUT2D eigenvalue weighted by Crippen LogP contribution is -2.35. The van der Waals surface area contributed by atoms with Gasteiger partial charge >= 0.3 is 0 Å². The average molecular weight is 386 g/mol. The number of ketones is 2. The summed E-state index contributed by atoms with van der Waals surface area (Å²) in [6, 6.07) is 9.49. The molecule has 0 saturated carbocycles. The summed E-state index contributed by atoms with van der Waals surface area (Å²) in [4.78, 5) is 26.2. The molecule has 6 N–H and O–H groups in total. The van der Waals surface area contributed by atoms with Crippen molar-refractivity contribution in [3.8, 4) is 0 Å². The molecule has 8 nitrogen and oxygen atoms in total. The molecule has 0 bridgehead atoms. The van der Waals surface area contributed by atoms with Crippen LogP contribution in [-0.4, -0.2) is 56.7 Å². The molecule has 1 aliphatic carbocycles. The summed E-state index contributed by atoms with van der Waals surface area (Å²) in [5.41, 5.74) is 1.25. The fraction of sp³-hybridized carbons (Fsp3) is 0.300. The van der Waals surface area contributed by atoms with Crippen molar-refractivity contribution in [3.05, 3.63) is 58.7 Å². The maximum absolute atomic E-state index is 13.1. The fourth-order valence-corrected chi connectivity index (χ4v) is 3.04. The van der Waals surface area contributed by atoms with Crippen LogP contribution >= 0.6 is 0 Å². The molecule has 2 aromatic carbocycles. The molecule has 8 heteroatoms. The number of fused-ring (bicyclic) bond motifs is 2. The lowest BCUT2D eigenvalue weighted by atomic mass is 9.82. The van der Waals surface area contributed by atoms with Gasteiger partial charge in [-0.2, -0.15) is 0 Å². The first-order valence-corrected chi connectivity index (χ1v) is 8.70. The van der Waals surface area contributed by atoms with Crippen molar-refractivity contribution >= 4 is 22.9 Å². The van der Waals surface area contributed by atoms with Crippen molar-refractivity contribution < 1.29 is 30.0 Å². The maximum Gasteiger partial charge on any atom is 0.196 e. The SMILES string of the molecule is CC(O)(O)CNc1ccc(NCC(C)(O)O)c2c1C(=O)c1ccccc1C2=O. The second-order valence-corrected chi connectivity index (χ2v) is 7.26. The Morgan fingerprint density at radius 1 is 0.714 bits per heavy atom. The zero-order valence-corrected chi connectivity index (χ0v) is 15.5. The lowest BCUT2D eigenvalue weighted by Gasteiger charge is -2.26. The Hall–Kier alpha value is -2.78. The van der Waals surface area contributed by atoms with Gasteiger partial charge < -0.3 is 31.1 Å². The highest BCUT2D eigenvalue weighted by Crippen LogP contribution is 2.36. The molecule has 0 fully saturated rings. The molecule has 148 valence electrons. The molecule has 1 aliphatic rings.